The molecule has 28 heavy (non-hydrogen) atoms. The minimum absolute atomic E-state index is 0.428. The first kappa shape index (κ1) is 18.7. The third kappa shape index (κ3) is 3.81. The van der Waals surface area contributed by atoms with Gasteiger partial charge in [-0.3, -0.25) is 0 Å². The van der Waals surface area contributed by atoms with E-state index in [1.165, 1.54) is 23.8 Å². The second kappa shape index (κ2) is 8.16. The molecule has 4 rings (SSSR count). The van der Waals surface area contributed by atoms with Crippen molar-refractivity contribution in [3.8, 4) is 11.5 Å². The van der Waals surface area contributed by atoms with Crippen molar-refractivity contribution in [2.45, 2.75) is 24.1 Å². The summed E-state index contributed by atoms with van der Waals surface area (Å²) in [5.41, 5.74) is 2.83. The highest BCUT2D eigenvalue weighted by molar-refractivity contribution is 7.99. The van der Waals surface area contributed by atoms with Crippen LogP contribution in [0.5, 0.6) is 0 Å². The van der Waals surface area contributed by atoms with Crippen molar-refractivity contribution < 1.29 is 4.42 Å². The number of nitrogens with zero attached hydrogens (tertiary/aromatic N) is 5. The summed E-state index contributed by atoms with van der Waals surface area (Å²) in [6.07, 6.45) is 1.50. The molecule has 0 saturated carbocycles. The Labute approximate surface area is 172 Å². The molecule has 0 radical (unpaired) electrons. The Morgan fingerprint density at radius 2 is 1.79 bits per heavy atom. The summed E-state index contributed by atoms with van der Waals surface area (Å²) in [6, 6.07) is 13.6. The van der Waals surface area contributed by atoms with Crippen molar-refractivity contribution in [3.05, 3.63) is 53.8 Å². The van der Waals surface area contributed by atoms with Crippen molar-refractivity contribution in [2.24, 2.45) is 0 Å². The first-order chi connectivity index (χ1) is 13.7. The molecule has 2 aromatic carbocycles. The van der Waals surface area contributed by atoms with E-state index in [4.69, 9.17) is 16.0 Å². The molecule has 0 atom stereocenters. The molecule has 6 nitrogen and oxygen atoms in total. The van der Waals surface area contributed by atoms with Crippen LogP contribution in [-0.4, -0.2) is 33.3 Å². The van der Waals surface area contributed by atoms with Gasteiger partial charge in [-0.15, -0.1) is 10.2 Å². The van der Waals surface area contributed by atoms with Gasteiger partial charge in [0.25, 0.3) is 5.22 Å². The van der Waals surface area contributed by atoms with Crippen LogP contribution < -0.4 is 4.90 Å². The first-order valence-corrected chi connectivity index (χ1v) is 10.1. The highest BCUT2D eigenvalue weighted by atomic mass is 35.5. The van der Waals surface area contributed by atoms with E-state index in [0.717, 1.165) is 34.6 Å². The van der Waals surface area contributed by atoms with Crippen LogP contribution in [0.4, 0.5) is 5.69 Å². The Morgan fingerprint density at radius 3 is 2.54 bits per heavy atom. The van der Waals surface area contributed by atoms with E-state index in [1.807, 2.05) is 24.3 Å². The Balaban J connectivity index is 1.57. The lowest BCUT2D eigenvalue weighted by Crippen LogP contribution is -2.21. The summed E-state index contributed by atoms with van der Waals surface area (Å²) in [6.45, 7) is 6.22. The Kier molecular flexibility index (Phi) is 5.45. The first-order valence-electron chi connectivity index (χ1n) is 8.95. The van der Waals surface area contributed by atoms with Crippen LogP contribution in [0.1, 0.15) is 13.8 Å². The fourth-order valence-electron chi connectivity index (χ4n) is 2.94. The number of aromatic nitrogens is 4. The largest absolute Gasteiger partial charge is 0.411 e. The lowest BCUT2D eigenvalue weighted by atomic mass is 10.2. The molecule has 0 bridgehead atoms. The molecular weight excluding hydrogens is 394 g/mol. The van der Waals surface area contributed by atoms with Crippen LogP contribution >= 0.6 is 23.4 Å². The average Bonchev–Trinajstić information content (AvgIpc) is 3.18. The SMILES string of the molecule is CCN(CC)c1ccc(-c2nnc(Sc3ncnc4cc(Cl)ccc34)o2)cc1. The lowest BCUT2D eigenvalue weighted by Gasteiger charge is -2.20. The molecule has 0 aliphatic heterocycles. The minimum atomic E-state index is 0.428. The van der Waals surface area contributed by atoms with Gasteiger partial charge in [-0.2, -0.15) is 0 Å². The predicted octanol–water partition coefficient (Wildman–Crippen LogP) is 5.33. The standard InChI is InChI=1S/C20H18ClN5OS/c1-3-26(4-2)15-8-5-13(6-9-15)18-24-25-20(27-18)28-19-16-10-7-14(21)11-17(16)22-12-23-19/h5-12H,3-4H2,1-2H3. The summed E-state index contributed by atoms with van der Waals surface area (Å²) in [4.78, 5) is 10.9. The maximum Gasteiger partial charge on any atom is 0.283 e. The Morgan fingerprint density at radius 1 is 1.00 bits per heavy atom. The van der Waals surface area contributed by atoms with Gasteiger partial charge in [0, 0.05) is 34.7 Å². The molecule has 0 unspecified atom stereocenters. The number of rotatable bonds is 6. The van der Waals surface area contributed by atoms with Crippen LogP contribution in [0, 0.1) is 0 Å². The quantitative estimate of drug-likeness (QED) is 0.397. The predicted molar refractivity (Wildman–Crippen MR) is 112 cm³/mol. The van der Waals surface area contributed by atoms with Gasteiger partial charge in [-0.05, 0) is 68.1 Å². The van der Waals surface area contributed by atoms with Crippen molar-refractivity contribution in [1.82, 2.24) is 20.2 Å². The Bertz CT molecular complexity index is 1100. The smallest absolute Gasteiger partial charge is 0.283 e. The molecule has 0 aliphatic carbocycles. The molecule has 0 fully saturated rings. The van der Waals surface area contributed by atoms with Crippen molar-refractivity contribution in [3.63, 3.8) is 0 Å². The summed E-state index contributed by atoms with van der Waals surface area (Å²) >= 11 is 7.35. The van der Waals surface area contributed by atoms with E-state index in [2.05, 4.69) is 51.0 Å². The zero-order chi connectivity index (χ0) is 19.5. The van der Waals surface area contributed by atoms with Crippen molar-refractivity contribution in [1.29, 1.82) is 0 Å². The zero-order valence-corrected chi connectivity index (χ0v) is 17.0. The van der Waals surface area contributed by atoms with E-state index in [1.54, 1.807) is 6.07 Å². The minimum Gasteiger partial charge on any atom is -0.411 e. The van der Waals surface area contributed by atoms with Crippen LogP contribution in [0.2, 0.25) is 5.02 Å². The molecule has 2 aromatic heterocycles. The zero-order valence-electron chi connectivity index (χ0n) is 15.5. The summed E-state index contributed by atoms with van der Waals surface area (Å²) in [7, 11) is 0. The second-order valence-corrected chi connectivity index (χ2v) is 7.41. The van der Waals surface area contributed by atoms with Gasteiger partial charge >= 0.3 is 0 Å². The van der Waals surface area contributed by atoms with Crippen molar-refractivity contribution >= 4 is 40.0 Å². The van der Waals surface area contributed by atoms with Crippen LogP contribution in [-0.2, 0) is 0 Å². The highest BCUT2D eigenvalue weighted by Gasteiger charge is 2.13. The maximum absolute atomic E-state index is 6.04. The monoisotopic (exact) mass is 411 g/mol. The third-order valence-corrected chi connectivity index (χ3v) is 5.49. The number of halogens is 1. The summed E-state index contributed by atoms with van der Waals surface area (Å²) in [5.74, 6) is 0.481. The van der Waals surface area contributed by atoms with Gasteiger partial charge in [0.1, 0.15) is 11.4 Å². The van der Waals surface area contributed by atoms with Gasteiger partial charge in [0.15, 0.2) is 0 Å². The highest BCUT2D eigenvalue weighted by Crippen LogP contribution is 2.33. The van der Waals surface area contributed by atoms with Crippen LogP contribution in [0.15, 0.2) is 63.5 Å². The number of hydrogen-bond donors (Lipinski definition) is 0. The summed E-state index contributed by atoms with van der Waals surface area (Å²) < 4.78 is 5.84. The molecule has 142 valence electrons. The topological polar surface area (TPSA) is 67.9 Å². The molecule has 4 aromatic rings. The van der Waals surface area contributed by atoms with Gasteiger partial charge < -0.3 is 9.32 Å². The molecule has 0 N–H and O–H groups in total. The fourth-order valence-corrected chi connectivity index (χ4v) is 3.86. The molecule has 0 amide bonds. The third-order valence-electron chi connectivity index (χ3n) is 4.40. The normalized spacial score (nSPS) is 11.1. The molecule has 0 saturated heterocycles. The van der Waals surface area contributed by atoms with E-state index < -0.39 is 0 Å². The number of anilines is 1. The van der Waals surface area contributed by atoms with Crippen molar-refractivity contribution in [2.75, 3.05) is 18.0 Å². The van der Waals surface area contributed by atoms with E-state index in [-0.39, 0.29) is 0 Å². The fraction of sp³-hybridized carbons (Fsp3) is 0.200. The summed E-state index contributed by atoms with van der Waals surface area (Å²) in [5, 5.41) is 11.0. The van der Waals surface area contributed by atoms with Gasteiger partial charge in [-0.25, -0.2) is 9.97 Å². The maximum atomic E-state index is 6.04. The molecule has 2 heterocycles. The van der Waals surface area contributed by atoms with Crippen LogP contribution in [0.25, 0.3) is 22.4 Å². The van der Waals surface area contributed by atoms with E-state index >= 15 is 0 Å². The molecular formula is C20H18ClN5OS. The van der Waals surface area contributed by atoms with E-state index in [0.29, 0.717) is 16.1 Å². The number of benzene rings is 2. The molecule has 0 aliphatic rings. The van der Waals surface area contributed by atoms with Gasteiger partial charge in [0.05, 0.1) is 5.52 Å². The molecule has 8 heteroatoms. The van der Waals surface area contributed by atoms with Crippen LogP contribution in [0.3, 0.4) is 0 Å². The average molecular weight is 412 g/mol. The van der Waals surface area contributed by atoms with E-state index in [9.17, 15) is 0 Å². The van der Waals surface area contributed by atoms with Gasteiger partial charge in [-0.1, -0.05) is 11.6 Å². The number of hydrogen-bond acceptors (Lipinski definition) is 7. The number of fused-ring (bicyclic) bond motifs is 1. The van der Waals surface area contributed by atoms with Gasteiger partial charge in [0.2, 0.25) is 5.89 Å². The molecule has 0 spiro atoms. The Hall–Kier alpha value is -2.64. The second-order valence-electron chi connectivity index (χ2n) is 6.03. The lowest BCUT2D eigenvalue weighted by molar-refractivity contribution is 0.465.